The highest BCUT2D eigenvalue weighted by atomic mass is 16.5. The molecule has 1 fully saturated rings. The van der Waals surface area contributed by atoms with Gasteiger partial charge in [-0.15, -0.1) is 0 Å². The number of morpholine rings is 1. The summed E-state index contributed by atoms with van der Waals surface area (Å²) in [6.07, 6.45) is 1.42. The molecule has 2 atom stereocenters. The minimum absolute atomic E-state index is 0.0730. The molecular formula is C27H32N2O5. The van der Waals surface area contributed by atoms with Gasteiger partial charge in [0.15, 0.2) is 0 Å². The highest BCUT2D eigenvalue weighted by Crippen LogP contribution is 2.23. The second-order valence-electron chi connectivity index (χ2n) is 9.02. The summed E-state index contributed by atoms with van der Waals surface area (Å²) in [4.78, 5) is 26.5. The first-order chi connectivity index (χ1) is 16.4. The molecule has 1 N–H and O–H groups in total. The van der Waals surface area contributed by atoms with Crippen LogP contribution in [0.4, 0.5) is 0 Å². The van der Waals surface area contributed by atoms with E-state index in [1.807, 2.05) is 43.3 Å². The molecule has 2 aromatic carbocycles. The van der Waals surface area contributed by atoms with Crippen molar-refractivity contribution in [3.05, 3.63) is 75.6 Å². The normalized spacial score (nSPS) is 18.7. The summed E-state index contributed by atoms with van der Waals surface area (Å²) in [7, 11) is 0. The van der Waals surface area contributed by atoms with Crippen LogP contribution in [0.25, 0.3) is 11.0 Å². The molecule has 0 saturated carbocycles. The second kappa shape index (κ2) is 10.8. The molecule has 4 rings (SSSR count). The number of ether oxygens (including phenoxy) is 2. The van der Waals surface area contributed by atoms with Crippen LogP contribution < -0.4 is 15.7 Å². The largest absolute Gasteiger partial charge is 0.489 e. The third kappa shape index (κ3) is 6.24. The molecular weight excluding hydrogens is 432 g/mol. The first-order valence-electron chi connectivity index (χ1n) is 11.8. The van der Waals surface area contributed by atoms with E-state index in [1.54, 1.807) is 6.07 Å². The molecule has 0 aliphatic carbocycles. The van der Waals surface area contributed by atoms with Gasteiger partial charge in [0.1, 0.15) is 17.9 Å². The summed E-state index contributed by atoms with van der Waals surface area (Å²) in [6, 6.07) is 14.3. The van der Waals surface area contributed by atoms with Crippen LogP contribution in [0.3, 0.4) is 0 Å². The van der Waals surface area contributed by atoms with Gasteiger partial charge in [-0.25, -0.2) is 4.79 Å². The summed E-state index contributed by atoms with van der Waals surface area (Å²) in [5.41, 5.74) is 2.57. The van der Waals surface area contributed by atoms with Crippen LogP contribution in [0.2, 0.25) is 0 Å². The van der Waals surface area contributed by atoms with Crippen LogP contribution in [-0.4, -0.2) is 49.2 Å². The van der Waals surface area contributed by atoms with Crippen molar-refractivity contribution in [1.82, 2.24) is 10.2 Å². The van der Waals surface area contributed by atoms with E-state index in [2.05, 4.69) is 24.1 Å². The van der Waals surface area contributed by atoms with Crippen molar-refractivity contribution in [1.29, 1.82) is 0 Å². The molecule has 7 heteroatoms. The van der Waals surface area contributed by atoms with Gasteiger partial charge in [-0.05, 0) is 62.6 Å². The number of rotatable bonds is 8. The number of benzene rings is 2. The molecule has 180 valence electrons. The molecule has 1 saturated heterocycles. The fourth-order valence-corrected chi connectivity index (χ4v) is 4.39. The van der Waals surface area contributed by atoms with Crippen LogP contribution in [0, 0.1) is 6.92 Å². The molecule has 0 radical (unpaired) electrons. The summed E-state index contributed by atoms with van der Waals surface area (Å²) in [5.74, 6) is 0.545. The molecule has 0 spiro atoms. The van der Waals surface area contributed by atoms with Crippen LogP contribution in [0.5, 0.6) is 5.75 Å². The van der Waals surface area contributed by atoms with Gasteiger partial charge in [0, 0.05) is 49.3 Å². The molecule has 0 bridgehead atoms. The Balaban J connectivity index is 1.24. The SMILES string of the molecule is Cc1cc(=O)oc2cc(OCc3ccc(C(=O)NCCCN4C[C@H](C)O[C@@H](C)C4)cc3)ccc12. The molecule has 3 aromatic rings. The van der Waals surface area contributed by atoms with E-state index >= 15 is 0 Å². The Bertz CT molecular complexity index is 1180. The predicted octanol–water partition coefficient (Wildman–Crippen LogP) is 3.91. The Hall–Kier alpha value is -3.16. The number of hydrogen-bond donors (Lipinski definition) is 1. The Morgan fingerprint density at radius 2 is 1.82 bits per heavy atom. The number of nitrogens with zero attached hydrogens (tertiary/aromatic N) is 1. The third-order valence-corrected chi connectivity index (χ3v) is 5.98. The quantitative estimate of drug-likeness (QED) is 0.402. The van der Waals surface area contributed by atoms with Crippen LogP contribution in [-0.2, 0) is 11.3 Å². The van der Waals surface area contributed by atoms with Crippen molar-refractivity contribution in [3.63, 3.8) is 0 Å². The predicted molar refractivity (Wildman–Crippen MR) is 131 cm³/mol. The van der Waals surface area contributed by atoms with Crippen molar-refractivity contribution in [2.24, 2.45) is 0 Å². The van der Waals surface area contributed by atoms with E-state index in [0.29, 0.717) is 30.0 Å². The van der Waals surface area contributed by atoms with E-state index in [4.69, 9.17) is 13.9 Å². The number of amides is 1. The van der Waals surface area contributed by atoms with Crippen molar-refractivity contribution >= 4 is 16.9 Å². The van der Waals surface area contributed by atoms with Crippen molar-refractivity contribution < 1.29 is 18.7 Å². The van der Waals surface area contributed by atoms with Gasteiger partial charge >= 0.3 is 5.63 Å². The maximum absolute atomic E-state index is 12.5. The van der Waals surface area contributed by atoms with Crippen molar-refractivity contribution in [3.8, 4) is 5.75 Å². The average molecular weight is 465 g/mol. The lowest BCUT2D eigenvalue weighted by molar-refractivity contribution is -0.0679. The van der Waals surface area contributed by atoms with Gasteiger partial charge in [-0.1, -0.05) is 12.1 Å². The van der Waals surface area contributed by atoms with Crippen molar-refractivity contribution in [2.45, 2.75) is 46.0 Å². The van der Waals surface area contributed by atoms with Gasteiger partial charge < -0.3 is 19.2 Å². The summed E-state index contributed by atoms with van der Waals surface area (Å²) < 4.78 is 16.9. The Morgan fingerprint density at radius 3 is 2.56 bits per heavy atom. The lowest BCUT2D eigenvalue weighted by atomic mass is 10.1. The minimum Gasteiger partial charge on any atom is -0.489 e. The monoisotopic (exact) mass is 464 g/mol. The second-order valence-corrected chi connectivity index (χ2v) is 9.02. The Morgan fingerprint density at radius 1 is 1.09 bits per heavy atom. The first-order valence-corrected chi connectivity index (χ1v) is 11.8. The Kier molecular flexibility index (Phi) is 7.65. The maximum atomic E-state index is 12.5. The molecule has 1 aliphatic heterocycles. The average Bonchev–Trinajstić information content (AvgIpc) is 2.80. The summed E-state index contributed by atoms with van der Waals surface area (Å²) >= 11 is 0. The highest BCUT2D eigenvalue weighted by Gasteiger charge is 2.21. The smallest absolute Gasteiger partial charge is 0.336 e. The van der Waals surface area contributed by atoms with Crippen LogP contribution in [0.15, 0.2) is 57.7 Å². The zero-order chi connectivity index (χ0) is 24.1. The maximum Gasteiger partial charge on any atom is 0.336 e. The lowest BCUT2D eigenvalue weighted by Crippen LogP contribution is -2.46. The number of carbonyl (C=O) groups is 1. The van der Waals surface area contributed by atoms with Gasteiger partial charge in [-0.2, -0.15) is 0 Å². The number of fused-ring (bicyclic) bond motifs is 1. The summed E-state index contributed by atoms with van der Waals surface area (Å²) in [6.45, 7) is 9.89. The number of nitrogens with one attached hydrogen (secondary N) is 1. The minimum atomic E-state index is -0.374. The molecule has 34 heavy (non-hydrogen) atoms. The van der Waals surface area contributed by atoms with Gasteiger partial charge in [-0.3, -0.25) is 9.69 Å². The van der Waals surface area contributed by atoms with Gasteiger partial charge in [0.2, 0.25) is 0 Å². The standard InChI is InChI=1S/C27H32N2O5/c1-18-13-26(30)34-25-14-23(9-10-24(18)25)32-17-21-5-7-22(8-6-21)27(31)28-11-4-12-29-15-19(2)33-20(3)16-29/h5-10,13-14,19-20H,4,11-12,15-17H2,1-3H3,(H,28,31)/t19-,20-/m0/s1. The van der Waals surface area contributed by atoms with E-state index < -0.39 is 0 Å². The highest BCUT2D eigenvalue weighted by molar-refractivity contribution is 5.94. The fraction of sp³-hybridized carbons (Fsp3) is 0.407. The van der Waals surface area contributed by atoms with E-state index in [9.17, 15) is 9.59 Å². The zero-order valence-electron chi connectivity index (χ0n) is 20.0. The molecule has 0 unspecified atom stereocenters. The van der Waals surface area contributed by atoms with E-state index in [1.165, 1.54) is 6.07 Å². The number of aryl methyl sites for hydroxylation is 1. The van der Waals surface area contributed by atoms with E-state index in [-0.39, 0.29) is 23.7 Å². The third-order valence-electron chi connectivity index (χ3n) is 5.98. The topological polar surface area (TPSA) is 81.0 Å². The zero-order valence-corrected chi connectivity index (χ0v) is 20.0. The van der Waals surface area contributed by atoms with Gasteiger partial charge in [0.05, 0.1) is 12.2 Å². The number of hydrogen-bond acceptors (Lipinski definition) is 6. The molecule has 1 aliphatic rings. The molecule has 7 nitrogen and oxygen atoms in total. The molecule has 1 amide bonds. The lowest BCUT2D eigenvalue weighted by Gasteiger charge is -2.35. The van der Waals surface area contributed by atoms with E-state index in [0.717, 1.165) is 42.6 Å². The van der Waals surface area contributed by atoms with Crippen LogP contribution in [0.1, 0.15) is 41.8 Å². The fourth-order valence-electron chi connectivity index (χ4n) is 4.39. The van der Waals surface area contributed by atoms with Crippen LogP contribution >= 0.6 is 0 Å². The summed E-state index contributed by atoms with van der Waals surface area (Å²) in [5, 5.41) is 3.89. The van der Waals surface area contributed by atoms with Gasteiger partial charge in [0.25, 0.3) is 5.91 Å². The molecule has 1 aromatic heterocycles. The number of carbonyl (C=O) groups excluding carboxylic acids is 1. The van der Waals surface area contributed by atoms with Crippen molar-refractivity contribution in [2.75, 3.05) is 26.2 Å². The molecule has 2 heterocycles. The first kappa shape index (κ1) is 24.0. The Labute approximate surface area is 199 Å².